The molecule has 0 radical (unpaired) electrons. The number of hydrogen-bond donors (Lipinski definition) is 2. The quantitative estimate of drug-likeness (QED) is 0.639. The van der Waals surface area contributed by atoms with Gasteiger partial charge in [-0.1, -0.05) is 0 Å². The Bertz CT molecular complexity index is 590. The molecule has 114 valence electrons. The second-order valence-corrected chi connectivity index (χ2v) is 4.71. The van der Waals surface area contributed by atoms with Gasteiger partial charge in [0.25, 0.3) is 5.91 Å². The second-order valence-electron chi connectivity index (χ2n) is 3.86. The lowest BCUT2D eigenvalue weighted by molar-refractivity contribution is -0.115. The van der Waals surface area contributed by atoms with Gasteiger partial charge >= 0.3 is 6.03 Å². The molecule has 8 heteroatoms. The lowest BCUT2D eigenvalue weighted by Gasteiger charge is -2.13. The molecule has 3 amide bonds. The Hall–Kier alpha value is -2.09. The third-order valence-electron chi connectivity index (χ3n) is 2.44. The molecule has 0 unspecified atom stereocenters. The number of ether oxygens (including phenoxy) is 2. The highest BCUT2D eigenvalue weighted by molar-refractivity contribution is 9.10. The molecule has 0 aliphatic rings. The maximum atomic E-state index is 14.1. The third-order valence-corrected chi connectivity index (χ3v) is 3.03. The van der Waals surface area contributed by atoms with Crippen LogP contribution in [0, 0.1) is 12.7 Å². The first-order valence-electron chi connectivity index (χ1n) is 5.74. The van der Waals surface area contributed by atoms with Gasteiger partial charge in [-0.2, -0.15) is 0 Å². The van der Waals surface area contributed by atoms with Gasteiger partial charge in [-0.15, -0.1) is 0 Å². The van der Waals surface area contributed by atoms with Crippen molar-refractivity contribution in [3.05, 3.63) is 34.3 Å². The van der Waals surface area contributed by atoms with Gasteiger partial charge in [0.05, 0.1) is 30.6 Å². The molecule has 2 N–H and O–H groups in total. The van der Waals surface area contributed by atoms with E-state index in [9.17, 15) is 14.0 Å². The van der Waals surface area contributed by atoms with Crippen molar-refractivity contribution in [3.63, 3.8) is 0 Å². The molecule has 0 aliphatic carbocycles. The van der Waals surface area contributed by atoms with E-state index in [1.807, 2.05) is 5.32 Å². The van der Waals surface area contributed by atoms with Crippen molar-refractivity contribution in [2.45, 2.75) is 6.92 Å². The fourth-order valence-corrected chi connectivity index (χ4v) is 2.20. The first-order chi connectivity index (χ1) is 9.90. The van der Waals surface area contributed by atoms with E-state index in [4.69, 9.17) is 4.74 Å². The van der Waals surface area contributed by atoms with Crippen molar-refractivity contribution in [3.8, 4) is 5.75 Å². The first kappa shape index (κ1) is 17.0. The summed E-state index contributed by atoms with van der Waals surface area (Å²) >= 11 is 3.21. The number of halogens is 2. The topological polar surface area (TPSA) is 76.7 Å². The van der Waals surface area contributed by atoms with Crippen LogP contribution in [0.5, 0.6) is 5.75 Å². The highest BCUT2D eigenvalue weighted by Crippen LogP contribution is 2.34. The van der Waals surface area contributed by atoms with Gasteiger partial charge in [-0.3, -0.25) is 10.1 Å². The number of urea groups is 1. The molecule has 0 fully saturated rings. The highest BCUT2D eigenvalue weighted by atomic mass is 79.9. The number of amides is 3. The molecule has 0 spiro atoms. The van der Waals surface area contributed by atoms with E-state index in [0.717, 1.165) is 12.3 Å². The monoisotopic (exact) mass is 360 g/mol. The van der Waals surface area contributed by atoms with Crippen LogP contribution in [0.3, 0.4) is 0 Å². The third kappa shape index (κ3) is 4.45. The highest BCUT2D eigenvalue weighted by Gasteiger charge is 2.16. The Labute approximate surface area is 129 Å². The van der Waals surface area contributed by atoms with Crippen LogP contribution in [0.25, 0.3) is 0 Å². The zero-order valence-corrected chi connectivity index (χ0v) is 13.2. The predicted molar refractivity (Wildman–Crippen MR) is 78.7 cm³/mol. The van der Waals surface area contributed by atoms with Gasteiger partial charge in [0, 0.05) is 11.6 Å². The summed E-state index contributed by atoms with van der Waals surface area (Å²) in [6.45, 7) is 1.51. The lowest BCUT2D eigenvalue weighted by Crippen LogP contribution is -2.33. The van der Waals surface area contributed by atoms with E-state index in [0.29, 0.717) is 10.2 Å². The summed E-state index contributed by atoms with van der Waals surface area (Å²) in [5.74, 6) is -1.01. The predicted octanol–water partition coefficient (Wildman–Crippen LogP) is 2.71. The molecule has 6 nitrogen and oxygen atoms in total. The molecule has 0 saturated heterocycles. The SMILES string of the molecule is CO/C=C/C(=O)NC(=O)Nc1cc(Br)c(OC)c(C)c1F. The van der Waals surface area contributed by atoms with Gasteiger partial charge < -0.3 is 14.8 Å². The van der Waals surface area contributed by atoms with Gasteiger partial charge in [-0.25, -0.2) is 9.18 Å². The van der Waals surface area contributed by atoms with E-state index < -0.39 is 17.8 Å². The number of nitrogens with one attached hydrogen (secondary N) is 2. The number of rotatable bonds is 4. The summed E-state index contributed by atoms with van der Waals surface area (Å²) in [5, 5.41) is 4.23. The smallest absolute Gasteiger partial charge is 0.326 e. The molecule has 1 aromatic rings. The fourth-order valence-electron chi connectivity index (χ4n) is 1.51. The maximum Gasteiger partial charge on any atom is 0.326 e. The number of methoxy groups -OCH3 is 2. The van der Waals surface area contributed by atoms with Crippen LogP contribution >= 0.6 is 15.9 Å². The molecule has 0 heterocycles. The lowest BCUT2D eigenvalue weighted by atomic mass is 10.2. The fraction of sp³-hybridized carbons (Fsp3) is 0.231. The molecule has 21 heavy (non-hydrogen) atoms. The average Bonchev–Trinajstić information content (AvgIpc) is 2.42. The molecule has 0 aromatic heterocycles. The molecule has 1 aromatic carbocycles. The van der Waals surface area contributed by atoms with Crippen molar-refractivity contribution in [1.29, 1.82) is 0 Å². The van der Waals surface area contributed by atoms with E-state index >= 15 is 0 Å². The Kier molecular flexibility index (Phi) is 6.16. The average molecular weight is 361 g/mol. The molecular weight excluding hydrogens is 347 g/mol. The minimum Gasteiger partial charge on any atom is -0.504 e. The Morgan fingerprint density at radius 2 is 2.05 bits per heavy atom. The summed E-state index contributed by atoms with van der Waals surface area (Å²) in [6, 6.07) is 0.479. The summed E-state index contributed by atoms with van der Waals surface area (Å²) in [4.78, 5) is 22.8. The van der Waals surface area contributed by atoms with Crippen LogP contribution in [0.2, 0.25) is 0 Å². The zero-order valence-electron chi connectivity index (χ0n) is 11.6. The van der Waals surface area contributed by atoms with Crippen molar-refractivity contribution < 1.29 is 23.5 Å². The summed E-state index contributed by atoms with van der Waals surface area (Å²) in [5.41, 5.74) is 0.147. The Morgan fingerprint density at radius 1 is 1.38 bits per heavy atom. The molecule has 1 rings (SSSR count). The standard InChI is InChI=1S/C13H14BrFN2O4/c1-7-11(15)9(6-8(14)12(7)21-3)16-13(19)17-10(18)4-5-20-2/h4-6H,1-3H3,(H2,16,17,18,19)/b5-4+. The van der Waals surface area contributed by atoms with Crippen molar-refractivity contribution >= 4 is 33.6 Å². The van der Waals surface area contributed by atoms with Gasteiger partial charge in [0.15, 0.2) is 5.82 Å². The molecule has 0 aliphatic heterocycles. The van der Waals surface area contributed by atoms with E-state index in [-0.39, 0.29) is 11.3 Å². The van der Waals surface area contributed by atoms with Crippen LogP contribution in [0.4, 0.5) is 14.9 Å². The number of carbonyl (C=O) groups is 2. The van der Waals surface area contributed by atoms with Crippen LogP contribution < -0.4 is 15.4 Å². The number of benzene rings is 1. The van der Waals surface area contributed by atoms with Crippen LogP contribution in [0.15, 0.2) is 22.9 Å². The number of anilines is 1. The molecule has 0 saturated carbocycles. The number of carbonyl (C=O) groups excluding carboxylic acids is 2. The summed E-state index contributed by atoms with van der Waals surface area (Å²) in [7, 11) is 2.77. The Balaban J connectivity index is 2.86. The van der Waals surface area contributed by atoms with Crippen molar-refractivity contribution in [2.24, 2.45) is 0 Å². The largest absolute Gasteiger partial charge is 0.504 e. The number of imide groups is 1. The van der Waals surface area contributed by atoms with Gasteiger partial charge in [0.1, 0.15) is 5.75 Å². The Morgan fingerprint density at radius 3 is 2.62 bits per heavy atom. The first-order valence-corrected chi connectivity index (χ1v) is 6.53. The number of hydrogen-bond acceptors (Lipinski definition) is 4. The van der Waals surface area contributed by atoms with Crippen molar-refractivity contribution in [1.82, 2.24) is 5.32 Å². The van der Waals surface area contributed by atoms with E-state index in [1.54, 1.807) is 0 Å². The molecule has 0 bridgehead atoms. The van der Waals surface area contributed by atoms with Crippen LogP contribution in [0.1, 0.15) is 5.56 Å². The molecule has 0 atom stereocenters. The van der Waals surface area contributed by atoms with Gasteiger partial charge in [0.2, 0.25) is 0 Å². The summed E-state index contributed by atoms with van der Waals surface area (Å²) in [6.07, 6.45) is 2.13. The van der Waals surface area contributed by atoms with E-state index in [2.05, 4.69) is 26.0 Å². The summed E-state index contributed by atoms with van der Waals surface area (Å²) < 4.78 is 24.1. The second kappa shape index (κ2) is 7.63. The van der Waals surface area contributed by atoms with E-state index in [1.165, 1.54) is 27.2 Å². The maximum absolute atomic E-state index is 14.1. The normalized spacial score (nSPS) is 10.3. The van der Waals surface area contributed by atoms with Gasteiger partial charge in [-0.05, 0) is 28.9 Å². The van der Waals surface area contributed by atoms with Crippen LogP contribution in [-0.4, -0.2) is 26.2 Å². The van der Waals surface area contributed by atoms with Crippen molar-refractivity contribution in [2.75, 3.05) is 19.5 Å². The minimum atomic E-state index is -0.865. The zero-order chi connectivity index (χ0) is 16.0. The van der Waals surface area contributed by atoms with Crippen LogP contribution in [-0.2, 0) is 9.53 Å². The molecular formula is C13H14BrFN2O4. The minimum absolute atomic E-state index is 0.0822.